The van der Waals surface area contributed by atoms with Crippen LogP contribution in [0, 0.1) is 0 Å². The van der Waals surface area contributed by atoms with Crippen LogP contribution in [0.1, 0.15) is 18.5 Å². The lowest BCUT2D eigenvalue weighted by molar-refractivity contribution is -0.115. The average Bonchev–Trinajstić information content (AvgIpc) is 3.16. The van der Waals surface area contributed by atoms with Crippen molar-refractivity contribution in [3.8, 4) is 22.9 Å². The quantitative estimate of drug-likeness (QED) is 0.596. The predicted octanol–water partition coefficient (Wildman–Crippen LogP) is 4.04. The second-order valence-corrected chi connectivity index (χ2v) is 7.71. The number of hydrogen-bond acceptors (Lipinski definition) is 6. The van der Waals surface area contributed by atoms with E-state index >= 15 is 0 Å². The number of carbonyl (C=O) groups excluding carboxylic acids is 1. The van der Waals surface area contributed by atoms with Gasteiger partial charge in [-0.1, -0.05) is 29.3 Å². The summed E-state index contributed by atoms with van der Waals surface area (Å²) in [5.41, 5.74) is 7.96. The van der Waals surface area contributed by atoms with Gasteiger partial charge in [0.15, 0.2) is 17.3 Å². The third-order valence-electron chi connectivity index (χ3n) is 5.02. The molecule has 1 aliphatic heterocycles. The van der Waals surface area contributed by atoms with E-state index in [1.54, 1.807) is 56.2 Å². The summed E-state index contributed by atoms with van der Waals surface area (Å²) in [5.74, 6) is 1.42. The highest BCUT2D eigenvalue weighted by Crippen LogP contribution is 2.40. The molecule has 31 heavy (non-hydrogen) atoms. The summed E-state index contributed by atoms with van der Waals surface area (Å²) in [6, 6.07) is 9.76. The number of aromatic nitrogens is 3. The van der Waals surface area contributed by atoms with E-state index in [0.29, 0.717) is 55.7 Å². The number of amides is 1. The molecule has 160 valence electrons. The maximum absolute atomic E-state index is 12.3. The second-order valence-electron chi connectivity index (χ2n) is 6.87. The van der Waals surface area contributed by atoms with E-state index in [1.165, 1.54) is 0 Å². The van der Waals surface area contributed by atoms with Crippen molar-refractivity contribution in [2.75, 3.05) is 19.5 Å². The number of ether oxygens (including phenoxy) is 2. The fourth-order valence-electron chi connectivity index (χ4n) is 3.58. The first-order chi connectivity index (χ1) is 14.8. The molecule has 0 saturated carbocycles. The summed E-state index contributed by atoms with van der Waals surface area (Å²) in [7, 11) is 3.12. The Hall–Kier alpha value is -3.23. The Morgan fingerprint density at radius 3 is 2.52 bits per heavy atom. The molecular formula is C21H19Cl2N5O3. The molecule has 1 aromatic heterocycles. The lowest BCUT2D eigenvalue weighted by Crippen LogP contribution is -2.32. The van der Waals surface area contributed by atoms with Crippen LogP contribution in [0.25, 0.3) is 11.4 Å². The van der Waals surface area contributed by atoms with Gasteiger partial charge in [0.2, 0.25) is 11.9 Å². The van der Waals surface area contributed by atoms with E-state index in [-0.39, 0.29) is 0 Å². The van der Waals surface area contributed by atoms with E-state index in [4.69, 9.17) is 38.4 Å². The fraction of sp³-hybridized carbons (Fsp3) is 0.190. The first kappa shape index (κ1) is 21.0. The molecule has 0 bridgehead atoms. The fourth-order valence-corrected chi connectivity index (χ4v) is 4.09. The van der Waals surface area contributed by atoms with Crippen molar-refractivity contribution in [1.29, 1.82) is 0 Å². The molecule has 1 atom stereocenters. The molecule has 0 radical (unpaired) electrons. The van der Waals surface area contributed by atoms with Gasteiger partial charge < -0.3 is 20.5 Å². The van der Waals surface area contributed by atoms with Crippen molar-refractivity contribution >= 4 is 35.1 Å². The number of allylic oxidation sites excluding steroid dienone is 1. The molecule has 4 rings (SSSR count). The number of rotatable bonds is 5. The number of anilines is 1. The van der Waals surface area contributed by atoms with Crippen LogP contribution in [-0.4, -0.2) is 34.9 Å². The Morgan fingerprint density at radius 1 is 1.13 bits per heavy atom. The summed E-state index contributed by atoms with van der Waals surface area (Å²) < 4.78 is 12.3. The summed E-state index contributed by atoms with van der Waals surface area (Å²) in [6.07, 6.45) is 0. The number of nitrogens with one attached hydrogen (secondary N) is 1. The summed E-state index contributed by atoms with van der Waals surface area (Å²) in [4.78, 5) is 16.9. The first-order valence-electron chi connectivity index (χ1n) is 9.25. The van der Waals surface area contributed by atoms with Gasteiger partial charge in [-0.3, -0.25) is 4.79 Å². The highest BCUT2D eigenvalue weighted by Gasteiger charge is 2.34. The van der Waals surface area contributed by atoms with Crippen molar-refractivity contribution < 1.29 is 14.3 Å². The monoisotopic (exact) mass is 459 g/mol. The molecule has 0 aliphatic carbocycles. The molecule has 10 heteroatoms. The van der Waals surface area contributed by atoms with Gasteiger partial charge in [-0.15, -0.1) is 5.10 Å². The molecule has 3 N–H and O–H groups in total. The van der Waals surface area contributed by atoms with E-state index in [1.807, 2.05) is 6.07 Å². The van der Waals surface area contributed by atoms with Gasteiger partial charge in [0.05, 0.1) is 19.8 Å². The van der Waals surface area contributed by atoms with Crippen LogP contribution in [-0.2, 0) is 4.79 Å². The Kier molecular flexibility index (Phi) is 5.51. The highest BCUT2D eigenvalue weighted by molar-refractivity contribution is 6.35. The average molecular weight is 460 g/mol. The molecule has 1 amide bonds. The third kappa shape index (κ3) is 3.68. The molecule has 3 aromatic rings. The van der Waals surface area contributed by atoms with Crippen molar-refractivity contribution in [2.45, 2.75) is 13.0 Å². The third-order valence-corrected chi connectivity index (χ3v) is 5.58. The SMILES string of the molecule is COc1ccc(-c2nc3n(n2)C(c2ccc(Cl)cc2Cl)C(C(N)=O)=C(C)N3)cc1OC. The van der Waals surface area contributed by atoms with Crippen LogP contribution in [0.5, 0.6) is 11.5 Å². The van der Waals surface area contributed by atoms with E-state index < -0.39 is 11.9 Å². The predicted molar refractivity (Wildman–Crippen MR) is 119 cm³/mol. The van der Waals surface area contributed by atoms with Gasteiger partial charge in [0.25, 0.3) is 0 Å². The summed E-state index contributed by atoms with van der Waals surface area (Å²) >= 11 is 12.5. The summed E-state index contributed by atoms with van der Waals surface area (Å²) in [5, 5.41) is 8.63. The number of benzene rings is 2. The van der Waals surface area contributed by atoms with Crippen LogP contribution in [0.2, 0.25) is 10.0 Å². The van der Waals surface area contributed by atoms with Gasteiger partial charge in [0, 0.05) is 26.9 Å². The molecule has 2 aromatic carbocycles. The molecular weight excluding hydrogens is 441 g/mol. The maximum Gasteiger partial charge on any atom is 0.248 e. The number of methoxy groups -OCH3 is 2. The van der Waals surface area contributed by atoms with Crippen LogP contribution in [0.4, 0.5) is 5.95 Å². The van der Waals surface area contributed by atoms with Gasteiger partial charge in [-0.05, 0) is 37.3 Å². The van der Waals surface area contributed by atoms with Crippen LogP contribution in [0.15, 0.2) is 47.7 Å². The highest BCUT2D eigenvalue weighted by atomic mass is 35.5. The van der Waals surface area contributed by atoms with E-state index in [0.717, 1.165) is 0 Å². The van der Waals surface area contributed by atoms with Crippen molar-refractivity contribution in [3.63, 3.8) is 0 Å². The number of nitrogens with two attached hydrogens (primary N) is 1. The van der Waals surface area contributed by atoms with Crippen LogP contribution >= 0.6 is 23.2 Å². The van der Waals surface area contributed by atoms with Gasteiger partial charge in [-0.25, -0.2) is 4.68 Å². The topological polar surface area (TPSA) is 104 Å². The Balaban J connectivity index is 1.88. The van der Waals surface area contributed by atoms with Gasteiger partial charge in [0.1, 0.15) is 6.04 Å². The van der Waals surface area contributed by atoms with Crippen LogP contribution in [0.3, 0.4) is 0 Å². The minimum absolute atomic E-state index is 0.334. The molecule has 0 spiro atoms. The standard InChI is InChI=1S/C21H19Cl2N5O3/c1-10-17(19(24)29)18(13-6-5-12(22)9-14(13)23)28-21(25-10)26-20(27-28)11-4-7-15(30-2)16(8-11)31-3/h4-9,18H,1-3H3,(H2,24,29)(H,25,26,27). The minimum Gasteiger partial charge on any atom is -0.493 e. The smallest absolute Gasteiger partial charge is 0.248 e. The number of carbonyl (C=O) groups is 1. The minimum atomic E-state index is -0.667. The number of primary amides is 1. The number of hydrogen-bond donors (Lipinski definition) is 2. The maximum atomic E-state index is 12.3. The zero-order chi connectivity index (χ0) is 22.3. The Bertz CT molecular complexity index is 1220. The molecule has 1 unspecified atom stereocenters. The largest absolute Gasteiger partial charge is 0.493 e. The Morgan fingerprint density at radius 2 is 1.87 bits per heavy atom. The van der Waals surface area contributed by atoms with E-state index in [2.05, 4.69) is 15.4 Å². The molecule has 0 saturated heterocycles. The number of nitrogens with zero attached hydrogens (tertiary/aromatic N) is 3. The van der Waals surface area contributed by atoms with Gasteiger partial charge in [-0.2, -0.15) is 4.98 Å². The number of halogens is 2. The Labute approximate surface area is 188 Å². The van der Waals surface area contributed by atoms with Crippen molar-refractivity contribution in [2.24, 2.45) is 5.73 Å². The number of fused-ring (bicyclic) bond motifs is 1. The molecule has 2 heterocycles. The molecule has 0 fully saturated rings. The van der Waals surface area contributed by atoms with E-state index in [9.17, 15) is 4.79 Å². The normalized spacial score (nSPS) is 15.3. The summed E-state index contributed by atoms with van der Waals surface area (Å²) in [6.45, 7) is 1.76. The molecule has 8 nitrogen and oxygen atoms in total. The first-order valence-corrected chi connectivity index (χ1v) is 10.0. The lowest BCUT2D eigenvalue weighted by atomic mass is 9.95. The van der Waals surface area contributed by atoms with Crippen LogP contribution < -0.4 is 20.5 Å². The second kappa shape index (κ2) is 8.13. The van der Waals surface area contributed by atoms with Crippen molar-refractivity contribution in [1.82, 2.24) is 14.8 Å². The van der Waals surface area contributed by atoms with Gasteiger partial charge >= 0.3 is 0 Å². The lowest BCUT2D eigenvalue weighted by Gasteiger charge is -2.28. The zero-order valence-electron chi connectivity index (χ0n) is 16.9. The van der Waals surface area contributed by atoms with Crippen molar-refractivity contribution in [3.05, 3.63) is 63.3 Å². The molecule has 1 aliphatic rings. The zero-order valence-corrected chi connectivity index (χ0v) is 18.5.